The van der Waals surface area contributed by atoms with Crippen molar-refractivity contribution in [2.24, 2.45) is 0 Å². The number of imide groups is 1. The zero-order valence-corrected chi connectivity index (χ0v) is 19.5. The Morgan fingerprint density at radius 3 is 2.62 bits per heavy atom. The van der Waals surface area contributed by atoms with Gasteiger partial charge >= 0.3 is 0 Å². The van der Waals surface area contributed by atoms with Crippen molar-refractivity contribution < 1.29 is 14.4 Å². The predicted molar refractivity (Wildman–Crippen MR) is 126 cm³/mol. The van der Waals surface area contributed by atoms with E-state index in [1.54, 1.807) is 0 Å². The van der Waals surface area contributed by atoms with E-state index in [0.29, 0.717) is 31.5 Å². The van der Waals surface area contributed by atoms with Gasteiger partial charge in [0.05, 0.1) is 0 Å². The molecular weight excluding hydrogens is 406 g/mol. The third-order valence-corrected chi connectivity index (χ3v) is 6.52. The van der Waals surface area contributed by atoms with Gasteiger partial charge in [-0.25, -0.2) is 0 Å². The summed E-state index contributed by atoms with van der Waals surface area (Å²) in [7, 11) is 0. The maximum Gasteiger partial charge on any atom is 0.254 e. The lowest BCUT2D eigenvalue weighted by Gasteiger charge is -2.44. The Morgan fingerprint density at radius 2 is 1.94 bits per heavy atom. The molecule has 8 heteroatoms. The molecule has 3 amide bonds. The van der Waals surface area contributed by atoms with Crippen molar-refractivity contribution in [2.45, 2.75) is 71.1 Å². The fraction of sp³-hybridized carbons (Fsp3) is 0.625. The number of hydrogen-bond donors (Lipinski definition) is 3. The van der Waals surface area contributed by atoms with Crippen LogP contribution in [0, 0.1) is 0 Å². The van der Waals surface area contributed by atoms with Crippen LogP contribution in [0.1, 0.15) is 62.4 Å². The lowest BCUT2D eigenvalue weighted by Crippen LogP contribution is -2.61. The summed E-state index contributed by atoms with van der Waals surface area (Å²) < 4.78 is 0. The molecule has 0 aromatic heterocycles. The van der Waals surface area contributed by atoms with Gasteiger partial charge in [0.15, 0.2) is 0 Å². The first-order valence-corrected chi connectivity index (χ1v) is 11.9. The van der Waals surface area contributed by atoms with Gasteiger partial charge in [-0.2, -0.15) is 0 Å². The molecule has 2 fully saturated rings. The number of anilines is 1. The zero-order valence-electron chi connectivity index (χ0n) is 19.5. The molecule has 4 rings (SSSR count). The largest absolute Gasteiger partial charge is 0.368 e. The first-order chi connectivity index (χ1) is 15.5. The molecule has 1 atom stereocenters. The van der Waals surface area contributed by atoms with Gasteiger partial charge in [0.2, 0.25) is 12.3 Å². The Hall–Kier alpha value is -2.45. The highest BCUT2D eigenvalue weighted by Gasteiger charge is 2.33. The van der Waals surface area contributed by atoms with E-state index >= 15 is 0 Å². The first kappa shape index (κ1) is 24.2. The van der Waals surface area contributed by atoms with E-state index in [1.807, 2.05) is 37.8 Å². The van der Waals surface area contributed by atoms with E-state index in [2.05, 4.69) is 26.9 Å². The van der Waals surface area contributed by atoms with Crippen molar-refractivity contribution in [3.63, 3.8) is 0 Å². The Labute approximate surface area is 191 Å². The van der Waals surface area contributed by atoms with Gasteiger partial charge in [-0.3, -0.25) is 19.7 Å². The lowest BCUT2D eigenvalue weighted by atomic mass is 10.0. The van der Waals surface area contributed by atoms with Crippen LogP contribution in [0.4, 0.5) is 5.69 Å². The standard InChI is InChI=1S/C22H31N5O3.C2H6/c1-15(2-5-21(29)24-14-28)27-11-16-10-19(3-4-20(16)22(27)30)26-12-18(13-26)25-17-6-8-23-9-7-17;1-2/h3-4,10,14-15,17-18,23,25H,2,5-9,11-13H2,1H3,(H,24,28,29);1-2H3. The molecule has 3 aliphatic heterocycles. The monoisotopic (exact) mass is 443 g/mol. The second-order valence-electron chi connectivity index (χ2n) is 8.64. The third-order valence-electron chi connectivity index (χ3n) is 6.52. The number of fused-ring (bicyclic) bond motifs is 1. The average Bonchev–Trinajstić information content (AvgIpc) is 3.12. The summed E-state index contributed by atoms with van der Waals surface area (Å²) in [5.74, 6) is -0.289. The molecule has 1 unspecified atom stereocenters. The van der Waals surface area contributed by atoms with E-state index < -0.39 is 0 Å². The predicted octanol–water partition coefficient (Wildman–Crippen LogP) is 1.64. The molecule has 3 aliphatic rings. The highest BCUT2D eigenvalue weighted by molar-refractivity contribution is 5.99. The van der Waals surface area contributed by atoms with Gasteiger partial charge in [0.25, 0.3) is 5.91 Å². The summed E-state index contributed by atoms with van der Waals surface area (Å²) in [6.07, 6.45) is 3.55. The van der Waals surface area contributed by atoms with Gasteiger partial charge in [0.1, 0.15) is 0 Å². The quantitative estimate of drug-likeness (QED) is 0.529. The number of benzene rings is 1. The van der Waals surface area contributed by atoms with Crippen LogP contribution < -0.4 is 20.9 Å². The van der Waals surface area contributed by atoms with Crippen molar-refractivity contribution in [1.29, 1.82) is 0 Å². The Balaban J connectivity index is 0.00000141. The van der Waals surface area contributed by atoms with E-state index in [4.69, 9.17) is 0 Å². The number of nitrogens with zero attached hydrogens (tertiary/aromatic N) is 2. The molecule has 3 N–H and O–H groups in total. The van der Waals surface area contributed by atoms with Crippen molar-refractivity contribution in [3.05, 3.63) is 29.3 Å². The number of rotatable bonds is 8. The summed E-state index contributed by atoms with van der Waals surface area (Å²) in [5.41, 5.74) is 2.98. The molecule has 1 aromatic rings. The summed E-state index contributed by atoms with van der Waals surface area (Å²) in [5, 5.41) is 9.32. The number of amides is 3. The summed E-state index contributed by atoms with van der Waals surface area (Å²) in [6, 6.07) is 7.22. The van der Waals surface area contributed by atoms with Gasteiger partial charge in [-0.1, -0.05) is 13.8 Å². The van der Waals surface area contributed by atoms with Crippen molar-refractivity contribution in [2.75, 3.05) is 31.1 Å². The van der Waals surface area contributed by atoms with E-state index in [0.717, 1.165) is 37.3 Å². The summed E-state index contributed by atoms with van der Waals surface area (Å²) >= 11 is 0. The Kier molecular flexibility index (Phi) is 8.64. The number of hydrogen-bond acceptors (Lipinski definition) is 6. The van der Waals surface area contributed by atoms with Gasteiger partial charge in [-0.15, -0.1) is 0 Å². The minimum atomic E-state index is -0.311. The molecule has 0 radical (unpaired) electrons. The molecule has 0 saturated carbocycles. The number of piperidine rings is 1. The molecule has 0 aliphatic carbocycles. The minimum absolute atomic E-state index is 0.0221. The van der Waals surface area contributed by atoms with Crippen LogP contribution in [0.15, 0.2) is 18.2 Å². The Bertz CT molecular complexity index is 803. The molecule has 8 nitrogen and oxygen atoms in total. The van der Waals surface area contributed by atoms with Crippen LogP contribution in [-0.2, 0) is 16.1 Å². The van der Waals surface area contributed by atoms with E-state index in [1.165, 1.54) is 18.5 Å². The molecule has 32 heavy (non-hydrogen) atoms. The Morgan fingerprint density at radius 1 is 1.22 bits per heavy atom. The topological polar surface area (TPSA) is 93.8 Å². The molecule has 176 valence electrons. The lowest BCUT2D eigenvalue weighted by molar-refractivity contribution is -0.125. The second kappa shape index (κ2) is 11.4. The van der Waals surface area contributed by atoms with Crippen LogP contribution in [-0.4, -0.2) is 67.4 Å². The van der Waals surface area contributed by atoms with Crippen molar-refractivity contribution >= 4 is 23.9 Å². The molecule has 1 aromatic carbocycles. The number of nitrogens with one attached hydrogen (secondary N) is 3. The SMILES string of the molecule is CC.CC(CCC(=O)NC=O)N1Cc2cc(N3CC(NC4CCNCC4)C3)ccc2C1=O. The van der Waals surface area contributed by atoms with Crippen LogP contribution in [0.3, 0.4) is 0 Å². The van der Waals surface area contributed by atoms with E-state index in [-0.39, 0.29) is 24.3 Å². The highest BCUT2D eigenvalue weighted by Crippen LogP contribution is 2.31. The fourth-order valence-electron chi connectivity index (χ4n) is 4.63. The zero-order chi connectivity index (χ0) is 23.1. The molecule has 0 spiro atoms. The maximum atomic E-state index is 12.8. The maximum absolute atomic E-state index is 12.8. The van der Waals surface area contributed by atoms with Crippen LogP contribution in [0.2, 0.25) is 0 Å². The van der Waals surface area contributed by atoms with E-state index in [9.17, 15) is 14.4 Å². The van der Waals surface area contributed by atoms with Crippen molar-refractivity contribution in [1.82, 2.24) is 20.9 Å². The number of carbonyl (C=O) groups is 3. The van der Waals surface area contributed by atoms with Crippen LogP contribution in [0.5, 0.6) is 0 Å². The van der Waals surface area contributed by atoms with Gasteiger partial charge in [0, 0.05) is 55.4 Å². The molecular formula is C24H37N5O3. The third kappa shape index (κ3) is 5.66. The summed E-state index contributed by atoms with van der Waals surface area (Å²) in [4.78, 5) is 38.8. The molecule has 2 saturated heterocycles. The molecule has 0 bridgehead atoms. The van der Waals surface area contributed by atoms with Crippen molar-refractivity contribution in [3.8, 4) is 0 Å². The van der Waals surface area contributed by atoms with Crippen LogP contribution in [0.25, 0.3) is 0 Å². The van der Waals surface area contributed by atoms with Gasteiger partial charge < -0.3 is 20.4 Å². The van der Waals surface area contributed by atoms with Crippen LogP contribution >= 0.6 is 0 Å². The van der Waals surface area contributed by atoms with Gasteiger partial charge in [-0.05, 0) is 63.0 Å². The number of carbonyl (C=O) groups excluding carboxylic acids is 3. The smallest absolute Gasteiger partial charge is 0.254 e. The average molecular weight is 444 g/mol. The second-order valence-corrected chi connectivity index (χ2v) is 8.64. The summed E-state index contributed by atoms with van der Waals surface area (Å²) in [6.45, 7) is 10.7. The highest BCUT2D eigenvalue weighted by atomic mass is 16.2. The normalized spacial score (nSPS) is 19.5. The first-order valence-electron chi connectivity index (χ1n) is 11.9. The fourth-order valence-corrected chi connectivity index (χ4v) is 4.63. The molecule has 3 heterocycles. The minimum Gasteiger partial charge on any atom is -0.368 e.